The van der Waals surface area contributed by atoms with Gasteiger partial charge < -0.3 is 10.1 Å². The van der Waals surface area contributed by atoms with Crippen LogP contribution in [-0.4, -0.2) is 34.0 Å². The Kier molecular flexibility index (Phi) is 8.87. The van der Waals surface area contributed by atoms with Crippen LogP contribution in [0.3, 0.4) is 0 Å². The van der Waals surface area contributed by atoms with E-state index in [2.05, 4.69) is 22.2 Å². The van der Waals surface area contributed by atoms with Gasteiger partial charge in [-0.25, -0.2) is 14.8 Å². The Morgan fingerprint density at radius 2 is 1.31 bits per heavy atom. The molecule has 3 rings (SSSR count). The maximum Gasteiger partial charge on any atom is 0.359 e. The van der Waals surface area contributed by atoms with Gasteiger partial charge in [0.25, 0.3) is 5.91 Å². The van der Waals surface area contributed by atoms with Gasteiger partial charge in [0.05, 0.1) is 11.4 Å². The van der Waals surface area contributed by atoms with Gasteiger partial charge in [0.1, 0.15) is 5.60 Å². The minimum atomic E-state index is -0.775. The van der Waals surface area contributed by atoms with Crippen LogP contribution in [0, 0.1) is 0 Å². The number of esters is 1. The molecule has 0 aliphatic rings. The third-order valence-corrected chi connectivity index (χ3v) is 5.51. The first kappa shape index (κ1) is 26.6. The molecule has 8 heteroatoms. The lowest BCUT2D eigenvalue weighted by molar-refractivity contribution is 0.00602. The number of nitrogens with one attached hydrogen (secondary N) is 1. The lowest BCUT2D eigenvalue weighted by Crippen LogP contribution is -2.31. The molecule has 0 unspecified atom stereocenters. The van der Waals surface area contributed by atoms with Crippen molar-refractivity contribution in [3.8, 4) is 22.5 Å². The molecule has 1 amide bonds. The third-order valence-electron chi connectivity index (χ3n) is 5.00. The molecule has 184 valence electrons. The van der Waals surface area contributed by atoms with E-state index in [1.165, 1.54) is 0 Å². The second kappa shape index (κ2) is 11.6. The number of carbonyl (C=O) groups excluding carboxylic acids is 2. The second-order valence-corrected chi connectivity index (χ2v) is 9.97. The van der Waals surface area contributed by atoms with E-state index in [4.69, 9.17) is 27.9 Å². The fourth-order valence-corrected chi connectivity index (χ4v) is 3.59. The highest BCUT2D eigenvalue weighted by Gasteiger charge is 2.29. The number of hydrogen-bond acceptors (Lipinski definition) is 5. The lowest BCUT2D eigenvalue weighted by Gasteiger charge is -2.21. The molecule has 0 atom stereocenters. The predicted octanol–water partition coefficient (Wildman–Crippen LogP) is 6.99. The van der Waals surface area contributed by atoms with E-state index < -0.39 is 17.5 Å². The molecule has 6 nitrogen and oxygen atoms in total. The van der Waals surface area contributed by atoms with Crippen LogP contribution < -0.4 is 5.32 Å². The molecule has 1 aromatic heterocycles. The number of carbonyl (C=O) groups is 2. The first-order valence-corrected chi connectivity index (χ1v) is 12.3. The van der Waals surface area contributed by atoms with E-state index in [1.54, 1.807) is 69.3 Å². The molecule has 0 aliphatic heterocycles. The fourth-order valence-electron chi connectivity index (χ4n) is 3.34. The van der Waals surface area contributed by atoms with Crippen LogP contribution in [0.25, 0.3) is 22.5 Å². The lowest BCUT2D eigenvalue weighted by atomic mass is 10.0. The van der Waals surface area contributed by atoms with Crippen molar-refractivity contribution in [2.24, 2.45) is 0 Å². The SMILES string of the molecule is CCCCCNC(=O)c1nc(-c2ccc(Cl)cc2)c(-c2ccc(Cl)cc2)nc1C(=O)OC(C)(C)C. The van der Waals surface area contributed by atoms with Crippen LogP contribution in [0.4, 0.5) is 0 Å². The monoisotopic (exact) mass is 513 g/mol. The molecule has 1 N–H and O–H groups in total. The van der Waals surface area contributed by atoms with Crippen molar-refractivity contribution in [1.82, 2.24) is 15.3 Å². The van der Waals surface area contributed by atoms with Gasteiger partial charge in [-0.2, -0.15) is 0 Å². The van der Waals surface area contributed by atoms with Crippen molar-refractivity contribution >= 4 is 35.1 Å². The summed E-state index contributed by atoms with van der Waals surface area (Å²) in [5.41, 5.74) is 1.24. The highest BCUT2D eigenvalue weighted by atomic mass is 35.5. The fraction of sp³-hybridized carbons (Fsp3) is 0.333. The van der Waals surface area contributed by atoms with Crippen molar-refractivity contribution in [2.45, 2.75) is 52.6 Å². The summed E-state index contributed by atoms with van der Waals surface area (Å²) in [6.07, 6.45) is 2.83. The molecule has 2 aromatic carbocycles. The van der Waals surface area contributed by atoms with Gasteiger partial charge >= 0.3 is 5.97 Å². The smallest absolute Gasteiger partial charge is 0.359 e. The normalized spacial score (nSPS) is 11.3. The molecular formula is C27H29Cl2N3O3. The number of ether oxygens (including phenoxy) is 1. The number of benzene rings is 2. The summed E-state index contributed by atoms with van der Waals surface area (Å²) < 4.78 is 5.57. The molecule has 0 saturated heterocycles. The molecule has 1 heterocycles. The Balaban J connectivity index is 2.20. The van der Waals surface area contributed by atoms with Gasteiger partial charge in [-0.05, 0) is 51.5 Å². The summed E-state index contributed by atoms with van der Waals surface area (Å²) in [6.45, 7) is 7.82. The zero-order valence-corrected chi connectivity index (χ0v) is 21.8. The topological polar surface area (TPSA) is 81.2 Å². The Morgan fingerprint density at radius 1 is 0.829 bits per heavy atom. The van der Waals surface area contributed by atoms with Gasteiger partial charge in [0.2, 0.25) is 0 Å². The van der Waals surface area contributed by atoms with E-state index in [1.807, 2.05) is 0 Å². The van der Waals surface area contributed by atoms with Crippen molar-refractivity contribution in [3.63, 3.8) is 0 Å². The number of aromatic nitrogens is 2. The summed E-state index contributed by atoms with van der Waals surface area (Å²) in [6, 6.07) is 14.1. The van der Waals surface area contributed by atoms with E-state index >= 15 is 0 Å². The van der Waals surface area contributed by atoms with Crippen LogP contribution >= 0.6 is 23.2 Å². The molecule has 0 bridgehead atoms. The van der Waals surface area contributed by atoms with Crippen molar-refractivity contribution in [1.29, 1.82) is 0 Å². The quantitative estimate of drug-likeness (QED) is 0.259. The number of unbranched alkanes of at least 4 members (excludes halogenated alkanes) is 2. The van der Waals surface area contributed by atoms with E-state index in [9.17, 15) is 9.59 Å². The molecule has 0 spiro atoms. The first-order chi connectivity index (χ1) is 16.6. The highest BCUT2D eigenvalue weighted by molar-refractivity contribution is 6.31. The van der Waals surface area contributed by atoms with Crippen molar-refractivity contribution < 1.29 is 14.3 Å². The standard InChI is InChI=1S/C27H29Cl2N3O3/c1-5-6-7-16-30-25(33)23-24(26(34)35-27(2,3)4)32-22(18-10-14-20(29)15-11-18)21(31-23)17-8-12-19(28)13-9-17/h8-15H,5-7,16H2,1-4H3,(H,30,33). The molecule has 3 aromatic rings. The van der Waals surface area contributed by atoms with Gasteiger partial charge in [-0.15, -0.1) is 0 Å². The van der Waals surface area contributed by atoms with E-state index in [0.717, 1.165) is 19.3 Å². The Bertz CT molecular complexity index is 1190. The van der Waals surface area contributed by atoms with Crippen LogP contribution in [-0.2, 0) is 4.74 Å². The van der Waals surface area contributed by atoms with Crippen molar-refractivity contribution in [3.05, 3.63) is 70.0 Å². The Labute approximate surface area is 216 Å². The van der Waals surface area contributed by atoms with Crippen LogP contribution in [0.2, 0.25) is 10.0 Å². The number of hydrogen-bond donors (Lipinski definition) is 1. The van der Waals surface area contributed by atoms with Crippen LogP contribution in [0.15, 0.2) is 48.5 Å². The highest BCUT2D eigenvalue weighted by Crippen LogP contribution is 2.32. The summed E-state index contributed by atoms with van der Waals surface area (Å²) >= 11 is 12.2. The number of nitrogens with zero attached hydrogens (tertiary/aromatic N) is 2. The van der Waals surface area contributed by atoms with Gasteiger partial charge in [-0.3, -0.25) is 4.79 Å². The zero-order chi connectivity index (χ0) is 25.6. The summed E-state index contributed by atoms with van der Waals surface area (Å²) in [4.78, 5) is 35.6. The summed E-state index contributed by atoms with van der Waals surface area (Å²) in [5, 5.41) is 3.98. The van der Waals surface area contributed by atoms with Gasteiger partial charge in [0, 0.05) is 27.7 Å². The minimum Gasteiger partial charge on any atom is -0.455 e. The average molecular weight is 514 g/mol. The predicted molar refractivity (Wildman–Crippen MR) is 140 cm³/mol. The van der Waals surface area contributed by atoms with Gasteiger partial charge in [-0.1, -0.05) is 67.2 Å². The minimum absolute atomic E-state index is 0.0848. The molecule has 0 radical (unpaired) electrons. The molecule has 0 saturated carbocycles. The van der Waals surface area contributed by atoms with Crippen LogP contribution in [0.1, 0.15) is 67.9 Å². The molecular weight excluding hydrogens is 485 g/mol. The third kappa shape index (κ3) is 7.26. The van der Waals surface area contributed by atoms with E-state index in [-0.39, 0.29) is 11.4 Å². The largest absolute Gasteiger partial charge is 0.455 e. The van der Waals surface area contributed by atoms with Crippen molar-refractivity contribution in [2.75, 3.05) is 6.54 Å². The maximum atomic E-state index is 13.2. The Hall–Kier alpha value is -2.96. The number of amides is 1. The summed E-state index contributed by atoms with van der Waals surface area (Å²) in [7, 11) is 0. The molecule has 35 heavy (non-hydrogen) atoms. The molecule has 0 fully saturated rings. The zero-order valence-electron chi connectivity index (χ0n) is 20.3. The van der Waals surface area contributed by atoms with Crippen LogP contribution in [0.5, 0.6) is 0 Å². The molecule has 0 aliphatic carbocycles. The maximum absolute atomic E-state index is 13.2. The number of rotatable bonds is 8. The Morgan fingerprint density at radius 3 is 1.77 bits per heavy atom. The van der Waals surface area contributed by atoms with Gasteiger partial charge in [0.15, 0.2) is 11.4 Å². The summed E-state index contributed by atoms with van der Waals surface area (Å²) in [5.74, 6) is -1.20. The average Bonchev–Trinajstić information content (AvgIpc) is 2.81. The first-order valence-electron chi connectivity index (χ1n) is 11.5. The second-order valence-electron chi connectivity index (χ2n) is 9.10. The van der Waals surface area contributed by atoms with E-state index in [0.29, 0.717) is 39.1 Å². The number of halogens is 2.